The number of hydrogen-bond donors (Lipinski definition) is 1. The third-order valence-corrected chi connectivity index (χ3v) is 2.03. The van der Waals surface area contributed by atoms with Gasteiger partial charge in [-0.2, -0.15) is 0 Å². The van der Waals surface area contributed by atoms with Crippen molar-refractivity contribution in [3.63, 3.8) is 0 Å². The average molecular weight is 170 g/mol. The van der Waals surface area contributed by atoms with E-state index in [2.05, 4.69) is 30.0 Å². The van der Waals surface area contributed by atoms with E-state index in [1.165, 1.54) is 11.1 Å². The van der Waals surface area contributed by atoms with Crippen molar-refractivity contribution >= 4 is 11.8 Å². The molecule has 0 saturated heterocycles. The molecule has 11 heavy (non-hydrogen) atoms. The molecule has 0 aromatic heterocycles. The highest BCUT2D eigenvalue weighted by Gasteiger charge is 2.01. The van der Waals surface area contributed by atoms with Gasteiger partial charge in [0.25, 0.3) is 0 Å². The maximum Gasteiger partial charge on any atom is 0.0442 e. The second kappa shape index (κ2) is 3.74. The maximum absolute atomic E-state index is 5.49. The van der Waals surface area contributed by atoms with E-state index in [-0.39, 0.29) is 6.04 Å². The summed E-state index contributed by atoms with van der Waals surface area (Å²) < 4.78 is 0. The summed E-state index contributed by atoms with van der Waals surface area (Å²) in [5, 5.41) is 0. The van der Waals surface area contributed by atoms with Crippen molar-refractivity contribution in [3.8, 4) is 0 Å². The minimum Gasteiger partial charge on any atom is -0.226 e. The van der Waals surface area contributed by atoms with Crippen LogP contribution in [0.25, 0.3) is 0 Å². The summed E-state index contributed by atoms with van der Waals surface area (Å²) in [6.07, 6.45) is 0. The summed E-state index contributed by atoms with van der Waals surface area (Å²) in [5.74, 6) is 0. The number of benzene rings is 1. The lowest BCUT2D eigenvalue weighted by atomic mass is 10.1. The summed E-state index contributed by atoms with van der Waals surface area (Å²) in [4.78, 5) is 2.68. The summed E-state index contributed by atoms with van der Waals surface area (Å²) in [7, 11) is 0. The van der Waals surface area contributed by atoms with Crippen LogP contribution >= 0.6 is 11.8 Å². The Kier molecular flexibility index (Phi) is 2.92. The molecule has 0 aliphatic rings. The molecule has 0 aliphatic carbocycles. The van der Waals surface area contributed by atoms with E-state index < -0.39 is 0 Å². The first-order chi connectivity index (χ1) is 5.24. The Morgan fingerprint density at radius 2 is 2.18 bits per heavy atom. The zero-order chi connectivity index (χ0) is 8.27. The lowest BCUT2D eigenvalue weighted by Crippen LogP contribution is -2.06. The molecule has 1 aromatic carbocycles. The zero-order valence-electron chi connectivity index (χ0n) is 6.76. The van der Waals surface area contributed by atoms with Gasteiger partial charge in [0.05, 0.1) is 0 Å². The Morgan fingerprint density at radius 1 is 1.45 bits per heavy atom. The smallest absolute Gasteiger partial charge is 0.0442 e. The molecule has 0 radical (unpaired) electrons. The highest BCUT2D eigenvalue weighted by molar-refractivity contribution is 6.13. The van der Waals surface area contributed by atoms with Crippen molar-refractivity contribution in [3.05, 3.63) is 35.4 Å². The quantitative estimate of drug-likeness (QED) is 0.672. The summed E-state index contributed by atoms with van der Waals surface area (Å²) in [6.45, 7) is 4.10. The first-order valence-corrected chi connectivity index (χ1v) is 4.04. The van der Waals surface area contributed by atoms with Gasteiger partial charge < -0.3 is 0 Å². The maximum atomic E-state index is 5.49. The fraction of sp³-hybridized carbons (Fsp3) is 0.333. The first-order valence-electron chi connectivity index (χ1n) is 3.67. The van der Waals surface area contributed by atoms with Crippen molar-refractivity contribution in [1.29, 1.82) is 0 Å². The highest BCUT2D eigenvalue weighted by Crippen LogP contribution is 2.13. The van der Waals surface area contributed by atoms with Crippen LogP contribution in [-0.2, 0) is 0 Å². The predicted octanol–water partition coefficient (Wildman–Crippen LogP) is 2.80. The average Bonchev–Trinajstić information content (AvgIpc) is 2.03. The Morgan fingerprint density at radius 3 is 2.73 bits per heavy atom. The number of hydrogen-bond acceptors (Lipinski definition) is 1. The SMILES string of the molecule is Cc1cccc(C(C)NCl)c1. The van der Waals surface area contributed by atoms with Crippen LogP contribution in [-0.4, -0.2) is 0 Å². The fourth-order valence-corrected chi connectivity index (χ4v) is 1.13. The largest absolute Gasteiger partial charge is 0.226 e. The minimum absolute atomic E-state index is 0.219. The van der Waals surface area contributed by atoms with Crippen LogP contribution < -0.4 is 4.84 Å². The van der Waals surface area contributed by atoms with Crippen LogP contribution in [0.2, 0.25) is 0 Å². The number of halogens is 1. The third-order valence-electron chi connectivity index (χ3n) is 1.71. The zero-order valence-corrected chi connectivity index (χ0v) is 7.52. The van der Waals surface area contributed by atoms with E-state index in [9.17, 15) is 0 Å². The third kappa shape index (κ3) is 2.21. The first kappa shape index (κ1) is 8.57. The van der Waals surface area contributed by atoms with Crippen molar-refractivity contribution in [2.75, 3.05) is 0 Å². The standard InChI is InChI=1S/C9H12ClN/c1-7-4-3-5-9(6-7)8(2)11-10/h3-6,8,11H,1-2H3. The molecule has 0 amide bonds. The van der Waals surface area contributed by atoms with E-state index in [1.807, 2.05) is 13.0 Å². The lowest BCUT2D eigenvalue weighted by Gasteiger charge is -2.08. The Balaban J connectivity index is 2.86. The molecule has 0 saturated carbocycles. The van der Waals surface area contributed by atoms with Gasteiger partial charge in [-0.25, -0.2) is 4.84 Å². The van der Waals surface area contributed by atoms with Crippen LogP contribution in [0.5, 0.6) is 0 Å². The summed E-state index contributed by atoms with van der Waals surface area (Å²) >= 11 is 5.49. The molecule has 1 rings (SSSR count). The summed E-state index contributed by atoms with van der Waals surface area (Å²) in [5.41, 5.74) is 2.49. The van der Waals surface area contributed by atoms with Gasteiger partial charge in [-0.1, -0.05) is 29.8 Å². The fourth-order valence-electron chi connectivity index (χ4n) is 1.00. The number of rotatable bonds is 2. The van der Waals surface area contributed by atoms with Gasteiger partial charge in [0.1, 0.15) is 0 Å². The van der Waals surface area contributed by atoms with E-state index in [0.717, 1.165) is 0 Å². The van der Waals surface area contributed by atoms with Gasteiger partial charge in [-0.3, -0.25) is 0 Å². The van der Waals surface area contributed by atoms with Crippen LogP contribution in [0.4, 0.5) is 0 Å². The molecule has 60 valence electrons. The van der Waals surface area contributed by atoms with Crippen LogP contribution in [0.15, 0.2) is 24.3 Å². The van der Waals surface area contributed by atoms with E-state index in [4.69, 9.17) is 11.8 Å². The van der Waals surface area contributed by atoms with Gasteiger partial charge in [0.15, 0.2) is 0 Å². The molecule has 2 heteroatoms. The van der Waals surface area contributed by atoms with E-state index in [0.29, 0.717) is 0 Å². The molecule has 1 atom stereocenters. The van der Waals surface area contributed by atoms with Crippen molar-refractivity contribution < 1.29 is 0 Å². The van der Waals surface area contributed by atoms with Crippen molar-refractivity contribution in [2.45, 2.75) is 19.9 Å². The second-order valence-electron chi connectivity index (χ2n) is 2.74. The predicted molar refractivity (Wildman–Crippen MR) is 48.6 cm³/mol. The summed E-state index contributed by atoms with van der Waals surface area (Å²) in [6, 6.07) is 8.52. The monoisotopic (exact) mass is 169 g/mol. The Bertz CT molecular complexity index is 235. The van der Waals surface area contributed by atoms with Crippen LogP contribution in [0.3, 0.4) is 0 Å². The molecular weight excluding hydrogens is 158 g/mol. The molecule has 1 aromatic rings. The normalized spacial score (nSPS) is 13.0. The van der Waals surface area contributed by atoms with Crippen LogP contribution in [0, 0.1) is 6.92 Å². The van der Waals surface area contributed by atoms with Crippen molar-refractivity contribution in [2.24, 2.45) is 0 Å². The molecule has 1 unspecified atom stereocenters. The topological polar surface area (TPSA) is 12.0 Å². The Labute approximate surface area is 72.5 Å². The van der Waals surface area contributed by atoms with E-state index in [1.54, 1.807) is 0 Å². The molecule has 1 nitrogen and oxygen atoms in total. The molecule has 0 heterocycles. The van der Waals surface area contributed by atoms with Gasteiger partial charge in [-0.05, 0) is 31.2 Å². The van der Waals surface area contributed by atoms with Gasteiger partial charge in [0, 0.05) is 6.04 Å². The highest BCUT2D eigenvalue weighted by atomic mass is 35.5. The minimum atomic E-state index is 0.219. The van der Waals surface area contributed by atoms with Crippen molar-refractivity contribution in [1.82, 2.24) is 4.84 Å². The number of nitrogens with one attached hydrogen (secondary N) is 1. The molecule has 1 N–H and O–H groups in total. The molecular formula is C9H12ClN. The van der Waals surface area contributed by atoms with Gasteiger partial charge in [0.2, 0.25) is 0 Å². The Hall–Kier alpha value is -0.530. The molecule has 0 bridgehead atoms. The molecule has 0 aliphatic heterocycles. The van der Waals surface area contributed by atoms with E-state index >= 15 is 0 Å². The number of aryl methyl sites for hydroxylation is 1. The molecule has 0 spiro atoms. The van der Waals surface area contributed by atoms with Gasteiger partial charge >= 0.3 is 0 Å². The lowest BCUT2D eigenvalue weighted by molar-refractivity contribution is 0.744. The molecule has 0 fully saturated rings. The van der Waals surface area contributed by atoms with Gasteiger partial charge in [-0.15, -0.1) is 0 Å². The van der Waals surface area contributed by atoms with Crippen LogP contribution in [0.1, 0.15) is 24.1 Å². The second-order valence-corrected chi connectivity index (χ2v) is 2.96.